The molecular weight excluding hydrogens is 424 g/mol. The second-order valence-corrected chi connectivity index (χ2v) is 5.42. The van der Waals surface area contributed by atoms with Gasteiger partial charge in [0.1, 0.15) is 12.2 Å². The second kappa shape index (κ2) is 11.2. The Kier molecular flexibility index (Phi) is 10.5. The summed E-state index contributed by atoms with van der Waals surface area (Å²) in [6, 6.07) is 11.7. The number of hydrogen-bond donors (Lipinski definition) is 2. The van der Waals surface area contributed by atoms with E-state index in [9.17, 15) is 19.8 Å². The largest absolute Gasteiger partial charge is 2.00 e. The number of aliphatic carboxylic acids is 2. The Labute approximate surface area is 166 Å². The monoisotopic (exact) mass is 434 g/mol. The SMILES string of the molecule is O=C([O-])C(O)c1ccc(Cl)cc1.O=C([O-])C(O)c1ccc(Cl)cc1.[Zn+2]. The van der Waals surface area contributed by atoms with E-state index in [2.05, 4.69) is 0 Å². The molecule has 9 heteroatoms. The molecule has 2 atom stereocenters. The normalized spacial score (nSPS) is 12.0. The first-order chi connectivity index (χ1) is 11.2. The van der Waals surface area contributed by atoms with Crippen LogP contribution in [0, 0.1) is 0 Å². The van der Waals surface area contributed by atoms with Gasteiger partial charge in [0.2, 0.25) is 0 Å². The Morgan fingerprint density at radius 1 is 0.720 bits per heavy atom. The molecule has 2 aromatic carbocycles. The number of rotatable bonds is 4. The maximum atomic E-state index is 10.2. The van der Waals surface area contributed by atoms with Crippen molar-refractivity contribution in [3.8, 4) is 0 Å². The number of halogens is 2. The summed E-state index contributed by atoms with van der Waals surface area (Å²) in [4.78, 5) is 20.4. The molecule has 128 valence electrons. The Morgan fingerprint density at radius 2 is 0.960 bits per heavy atom. The van der Waals surface area contributed by atoms with Crippen molar-refractivity contribution in [1.29, 1.82) is 0 Å². The number of aliphatic hydroxyl groups is 2. The van der Waals surface area contributed by atoms with E-state index in [-0.39, 0.29) is 30.6 Å². The van der Waals surface area contributed by atoms with Crippen molar-refractivity contribution in [2.75, 3.05) is 0 Å². The van der Waals surface area contributed by atoms with Crippen LogP contribution < -0.4 is 10.2 Å². The Morgan fingerprint density at radius 3 is 1.16 bits per heavy atom. The van der Waals surface area contributed by atoms with Crippen LogP contribution in [0.5, 0.6) is 0 Å². The van der Waals surface area contributed by atoms with Crippen molar-refractivity contribution >= 4 is 35.1 Å². The van der Waals surface area contributed by atoms with Gasteiger partial charge in [-0.3, -0.25) is 0 Å². The van der Waals surface area contributed by atoms with E-state index in [4.69, 9.17) is 33.4 Å². The molecule has 0 aromatic heterocycles. The summed E-state index contributed by atoms with van der Waals surface area (Å²) >= 11 is 11.1. The molecule has 0 aliphatic carbocycles. The summed E-state index contributed by atoms with van der Waals surface area (Å²) < 4.78 is 0. The average molecular weight is 437 g/mol. The third-order valence-corrected chi connectivity index (χ3v) is 3.32. The van der Waals surface area contributed by atoms with Gasteiger partial charge in [0, 0.05) is 10.0 Å². The molecule has 2 aromatic rings. The van der Waals surface area contributed by atoms with Crippen molar-refractivity contribution in [2.24, 2.45) is 0 Å². The fourth-order valence-corrected chi connectivity index (χ4v) is 1.81. The summed E-state index contributed by atoms with van der Waals surface area (Å²) in [5.74, 6) is -3.03. The molecule has 0 bridgehead atoms. The standard InChI is InChI=1S/2C8H7ClO3.Zn/c2*9-6-3-1-5(2-4-6)7(10)8(11)12;/h2*1-4,7,10H,(H,11,12);/q;;+2/p-2. The number of carbonyl (C=O) groups excluding carboxylic acids is 2. The first kappa shape index (κ1) is 23.5. The maximum absolute atomic E-state index is 10.2. The first-order valence-corrected chi connectivity index (χ1v) is 7.26. The molecule has 2 N–H and O–H groups in total. The minimum absolute atomic E-state index is 0. The van der Waals surface area contributed by atoms with E-state index < -0.39 is 24.1 Å². The zero-order valence-electron chi connectivity index (χ0n) is 12.8. The number of carboxylic acid groups (broad SMARTS) is 2. The molecule has 0 saturated carbocycles. The molecule has 0 heterocycles. The predicted molar refractivity (Wildman–Crippen MR) is 82.8 cm³/mol. The van der Waals surface area contributed by atoms with E-state index >= 15 is 0 Å². The van der Waals surface area contributed by atoms with Gasteiger partial charge in [-0.05, 0) is 35.4 Å². The Balaban J connectivity index is 0.000000443. The summed E-state index contributed by atoms with van der Waals surface area (Å²) in [6.07, 6.45) is -3.16. The van der Waals surface area contributed by atoms with Crippen molar-refractivity contribution in [3.05, 3.63) is 69.7 Å². The van der Waals surface area contributed by atoms with Crippen LogP contribution in [-0.4, -0.2) is 22.2 Å². The van der Waals surface area contributed by atoms with Crippen molar-refractivity contribution in [3.63, 3.8) is 0 Å². The molecule has 0 amide bonds. The minimum atomic E-state index is -1.58. The molecule has 25 heavy (non-hydrogen) atoms. The quantitative estimate of drug-likeness (QED) is 0.663. The molecule has 0 radical (unpaired) electrons. The van der Waals surface area contributed by atoms with Crippen molar-refractivity contribution < 1.29 is 49.5 Å². The minimum Gasteiger partial charge on any atom is -0.547 e. The van der Waals surface area contributed by atoms with E-state index in [0.717, 1.165) is 0 Å². The molecule has 6 nitrogen and oxygen atoms in total. The molecule has 0 spiro atoms. The van der Waals surface area contributed by atoms with Crippen LogP contribution in [0.15, 0.2) is 48.5 Å². The van der Waals surface area contributed by atoms with Crippen LogP contribution in [0.2, 0.25) is 10.0 Å². The van der Waals surface area contributed by atoms with Crippen molar-refractivity contribution in [1.82, 2.24) is 0 Å². The molecule has 0 aliphatic heterocycles. The van der Waals surface area contributed by atoms with E-state index in [1.165, 1.54) is 48.5 Å². The van der Waals surface area contributed by atoms with Crippen LogP contribution in [0.25, 0.3) is 0 Å². The zero-order valence-corrected chi connectivity index (χ0v) is 17.2. The zero-order chi connectivity index (χ0) is 18.3. The van der Waals surface area contributed by atoms with Gasteiger partial charge < -0.3 is 30.0 Å². The van der Waals surface area contributed by atoms with Gasteiger partial charge in [-0.2, -0.15) is 0 Å². The van der Waals surface area contributed by atoms with Gasteiger partial charge in [0.25, 0.3) is 0 Å². The third-order valence-electron chi connectivity index (χ3n) is 2.82. The molecular formula is C16H12Cl2O6Zn. The Bertz CT molecular complexity index is 629. The first-order valence-electron chi connectivity index (χ1n) is 6.51. The second-order valence-electron chi connectivity index (χ2n) is 4.55. The summed E-state index contributed by atoms with van der Waals surface area (Å²) in [7, 11) is 0. The maximum Gasteiger partial charge on any atom is 2.00 e. The van der Waals surface area contributed by atoms with Gasteiger partial charge >= 0.3 is 19.5 Å². The topological polar surface area (TPSA) is 121 Å². The van der Waals surface area contributed by atoms with Gasteiger partial charge in [0.05, 0.1) is 11.9 Å². The predicted octanol–water partition coefficient (Wildman–Crippen LogP) is 0.244. The van der Waals surface area contributed by atoms with Gasteiger partial charge in [-0.25, -0.2) is 0 Å². The molecule has 2 unspecified atom stereocenters. The smallest absolute Gasteiger partial charge is 0.547 e. The van der Waals surface area contributed by atoms with Crippen LogP contribution in [-0.2, 0) is 29.1 Å². The van der Waals surface area contributed by atoms with Crippen LogP contribution >= 0.6 is 23.2 Å². The average Bonchev–Trinajstić information content (AvgIpc) is 2.55. The number of carboxylic acids is 2. The van der Waals surface area contributed by atoms with Gasteiger partial charge in [0.15, 0.2) is 0 Å². The fraction of sp³-hybridized carbons (Fsp3) is 0.125. The Hall–Kier alpha value is -1.50. The molecule has 0 aliphatic rings. The summed E-state index contributed by atoms with van der Waals surface area (Å²) in [6.45, 7) is 0. The van der Waals surface area contributed by atoms with E-state index in [0.29, 0.717) is 10.0 Å². The molecule has 2 rings (SSSR count). The van der Waals surface area contributed by atoms with E-state index in [1.807, 2.05) is 0 Å². The summed E-state index contributed by atoms with van der Waals surface area (Å²) in [5.41, 5.74) is 0.527. The molecule has 0 saturated heterocycles. The van der Waals surface area contributed by atoms with Crippen LogP contribution in [0.4, 0.5) is 0 Å². The number of benzene rings is 2. The van der Waals surface area contributed by atoms with Gasteiger partial charge in [-0.1, -0.05) is 47.5 Å². The molecule has 0 fully saturated rings. The van der Waals surface area contributed by atoms with Gasteiger partial charge in [-0.15, -0.1) is 0 Å². The third kappa shape index (κ3) is 7.95. The number of carbonyl (C=O) groups is 2. The summed E-state index contributed by atoms with van der Waals surface area (Å²) in [5, 5.41) is 39.3. The number of aliphatic hydroxyl groups excluding tert-OH is 2. The number of hydrogen-bond acceptors (Lipinski definition) is 6. The van der Waals surface area contributed by atoms with E-state index in [1.54, 1.807) is 0 Å². The van der Waals surface area contributed by atoms with Crippen molar-refractivity contribution in [2.45, 2.75) is 12.2 Å². The van der Waals surface area contributed by atoms with Crippen LogP contribution in [0.1, 0.15) is 23.3 Å². The van der Waals surface area contributed by atoms with Crippen LogP contribution in [0.3, 0.4) is 0 Å². The fourth-order valence-electron chi connectivity index (χ4n) is 1.56.